The van der Waals surface area contributed by atoms with Gasteiger partial charge in [-0.15, -0.1) is 0 Å². The molecule has 1 saturated carbocycles. The summed E-state index contributed by atoms with van der Waals surface area (Å²) in [5, 5.41) is 16.8. The fraction of sp³-hybridized carbons (Fsp3) is 0.579. The van der Waals surface area contributed by atoms with Crippen LogP contribution in [-0.4, -0.2) is 50.3 Å². The maximum atomic E-state index is 12.2. The number of nitrogens with zero attached hydrogens (tertiary/aromatic N) is 3. The van der Waals surface area contributed by atoms with Crippen molar-refractivity contribution >= 4 is 17.8 Å². The van der Waals surface area contributed by atoms with Crippen molar-refractivity contribution in [1.82, 2.24) is 25.6 Å². The first kappa shape index (κ1) is 18.5. The molecule has 2 aliphatic rings. The molecular formula is C19H26N6O3. The number of anilines is 1. The molecule has 1 aliphatic carbocycles. The SMILES string of the molecule is Cc1cc(CC(=O)Nc2cc([C@@H]3CC[C@H](N4CC(C)(C)NC4=O)C3)[nH]n2)on1. The lowest BCUT2D eigenvalue weighted by molar-refractivity contribution is -0.115. The van der Waals surface area contributed by atoms with E-state index in [1.54, 1.807) is 6.07 Å². The molecule has 9 heteroatoms. The first-order chi connectivity index (χ1) is 13.3. The van der Waals surface area contributed by atoms with Crippen LogP contribution in [0, 0.1) is 6.92 Å². The van der Waals surface area contributed by atoms with Crippen LogP contribution in [-0.2, 0) is 11.2 Å². The zero-order valence-electron chi connectivity index (χ0n) is 16.4. The molecule has 0 unspecified atom stereocenters. The number of aromatic amines is 1. The molecule has 1 aliphatic heterocycles. The van der Waals surface area contributed by atoms with Crippen molar-refractivity contribution in [3.05, 3.63) is 29.3 Å². The maximum Gasteiger partial charge on any atom is 0.318 e. The molecule has 3 heterocycles. The van der Waals surface area contributed by atoms with Crippen LogP contribution in [0.25, 0.3) is 0 Å². The van der Waals surface area contributed by atoms with E-state index in [1.807, 2.05) is 31.7 Å². The standard InChI is InChI=1S/C19H26N6O3/c1-11-6-14(28-24-11)8-17(26)20-16-9-15(22-23-16)12-4-5-13(7-12)25-10-19(2,3)21-18(25)27/h6,9,12-13H,4-5,7-8,10H2,1-3H3,(H,21,27)(H2,20,22,23,26)/t12-,13+/m1/s1. The third kappa shape index (κ3) is 3.88. The van der Waals surface area contributed by atoms with Gasteiger partial charge < -0.3 is 20.1 Å². The number of nitrogens with one attached hydrogen (secondary N) is 3. The van der Waals surface area contributed by atoms with E-state index in [9.17, 15) is 9.59 Å². The maximum absolute atomic E-state index is 12.2. The molecule has 0 spiro atoms. The van der Waals surface area contributed by atoms with Crippen LogP contribution in [0.5, 0.6) is 0 Å². The molecule has 4 rings (SSSR count). The number of aromatic nitrogens is 3. The number of urea groups is 1. The van der Waals surface area contributed by atoms with Crippen LogP contribution in [0.15, 0.2) is 16.7 Å². The number of hydrogen-bond acceptors (Lipinski definition) is 5. The largest absolute Gasteiger partial charge is 0.361 e. The highest BCUT2D eigenvalue weighted by molar-refractivity contribution is 5.91. The van der Waals surface area contributed by atoms with Crippen molar-refractivity contribution in [2.45, 2.75) is 64.0 Å². The van der Waals surface area contributed by atoms with E-state index in [0.29, 0.717) is 17.5 Å². The first-order valence-electron chi connectivity index (χ1n) is 9.65. The lowest BCUT2D eigenvalue weighted by Crippen LogP contribution is -2.36. The van der Waals surface area contributed by atoms with Gasteiger partial charge in [0.1, 0.15) is 5.76 Å². The predicted octanol–water partition coefficient (Wildman–Crippen LogP) is 2.33. The molecule has 2 aromatic rings. The minimum absolute atomic E-state index is 0.0239. The number of carbonyl (C=O) groups is 2. The molecule has 3 N–H and O–H groups in total. The van der Waals surface area contributed by atoms with Gasteiger partial charge in [-0.2, -0.15) is 5.10 Å². The van der Waals surface area contributed by atoms with Gasteiger partial charge in [0.15, 0.2) is 5.82 Å². The van der Waals surface area contributed by atoms with Gasteiger partial charge in [-0.3, -0.25) is 9.89 Å². The van der Waals surface area contributed by atoms with E-state index in [0.717, 1.165) is 37.2 Å². The summed E-state index contributed by atoms with van der Waals surface area (Å²) in [6.07, 6.45) is 2.98. The molecule has 0 radical (unpaired) electrons. The number of carbonyl (C=O) groups excluding carboxylic acids is 2. The highest BCUT2D eigenvalue weighted by Crippen LogP contribution is 2.38. The Bertz CT molecular complexity index is 886. The predicted molar refractivity (Wildman–Crippen MR) is 102 cm³/mol. The minimum Gasteiger partial charge on any atom is -0.361 e. The molecule has 0 aromatic carbocycles. The van der Waals surface area contributed by atoms with Gasteiger partial charge in [0.05, 0.1) is 17.7 Å². The summed E-state index contributed by atoms with van der Waals surface area (Å²) in [6, 6.07) is 3.88. The van der Waals surface area contributed by atoms with Crippen molar-refractivity contribution in [2.75, 3.05) is 11.9 Å². The van der Waals surface area contributed by atoms with E-state index in [-0.39, 0.29) is 29.9 Å². The average Bonchev–Trinajstić information content (AvgIpc) is 3.35. The average molecular weight is 386 g/mol. The van der Waals surface area contributed by atoms with E-state index < -0.39 is 0 Å². The zero-order valence-corrected chi connectivity index (χ0v) is 16.4. The van der Waals surface area contributed by atoms with E-state index in [4.69, 9.17) is 4.52 Å². The normalized spacial score (nSPS) is 23.8. The molecule has 1 saturated heterocycles. The Kier molecular flexibility index (Phi) is 4.60. The molecule has 2 fully saturated rings. The van der Waals surface area contributed by atoms with Crippen molar-refractivity contribution < 1.29 is 14.1 Å². The third-order valence-corrected chi connectivity index (χ3v) is 5.43. The van der Waals surface area contributed by atoms with Crippen molar-refractivity contribution in [3.63, 3.8) is 0 Å². The summed E-state index contributed by atoms with van der Waals surface area (Å²) in [5.41, 5.74) is 1.56. The summed E-state index contributed by atoms with van der Waals surface area (Å²) in [6.45, 7) is 6.63. The lowest BCUT2D eigenvalue weighted by atomic mass is 10.0. The summed E-state index contributed by atoms with van der Waals surface area (Å²) < 4.78 is 5.07. The van der Waals surface area contributed by atoms with E-state index in [1.165, 1.54) is 0 Å². The molecule has 2 atom stereocenters. The molecule has 28 heavy (non-hydrogen) atoms. The Hall–Kier alpha value is -2.84. The van der Waals surface area contributed by atoms with Crippen LogP contribution in [0.1, 0.15) is 56.2 Å². The topological polar surface area (TPSA) is 116 Å². The zero-order chi connectivity index (χ0) is 19.9. The Morgan fingerprint density at radius 2 is 2.21 bits per heavy atom. The van der Waals surface area contributed by atoms with Gasteiger partial charge in [-0.05, 0) is 40.0 Å². The molecule has 2 aromatic heterocycles. The van der Waals surface area contributed by atoms with Gasteiger partial charge in [-0.25, -0.2) is 4.79 Å². The molecule has 0 bridgehead atoms. The summed E-state index contributed by atoms with van der Waals surface area (Å²) in [7, 11) is 0. The molecule has 3 amide bonds. The van der Waals surface area contributed by atoms with Crippen LogP contribution in [0.3, 0.4) is 0 Å². The number of aryl methyl sites for hydroxylation is 1. The fourth-order valence-electron chi connectivity index (χ4n) is 4.17. The van der Waals surface area contributed by atoms with Gasteiger partial charge >= 0.3 is 6.03 Å². The second-order valence-corrected chi connectivity index (χ2v) is 8.47. The smallest absolute Gasteiger partial charge is 0.318 e. The van der Waals surface area contributed by atoms with E-state index >= 15 is 0 Å². The second kappa shape index (κ2) is 6.96. The van der Waals surface area contributed by atoms with Crippen LogP contribution < -0.4 is 10.6 Å². The van der Waals surface area contributed by atoms with Crippen molar-refractivity contribution in [1.29, 1.82) is 0 Å². The third-order valence-electron chi connectivity index (χ3n) is 5.43. The minimum atomic E-state index is -0.200. The Balaban J connectivity index is 1.33. The second-order valence-electron chi connectivity index (χ2n) is 8.47. The Morgan fingerprint density at radius 1 is 1.39 bits per heavy atom. The number of H-pyrrole nitrogens is 1. The summed E-state index contributed by atoms with van der Waals surface area (Å²) in [5.74, 6) is 1.13. The highest BCUT2D eigenvalue weighted by atomic mass is 16.5. The Morgan fingerprint density at radius 3 is 2.89 bits per heavy atom. The Labute approximate surface area is 163 Å². The molecular weight excluding hydrogens is 360 g/mol. The van der Waals surface area contributed by atoms with Gasteiger partial charge in [0.25, 0.3) is 0 Å². The van der Waals surface area contributed by atoms with E-state index in [2.05, 4.69) is 26.0 Å². The monoisotopic (exact) mass is 386 g/mol. The quantitative estimate of drug-likeness (QED) is 0.729. The number of rotatable bonds is 5. The lowest BCUT2D eigenvalue weighted by Gasteiger charge is -2.24. The van der Waals surface area contributed by atoms with Crippen LogP contribution in [0.2, 0.25) is 0 Å². The summed E-state index contributed by atoms with van der Waals surface area (Å²) in [4.78, 5) is 26.3. The van der Waals surface area contributed by atoms with Gasteiger partial charge in [-0.1, -0.05) is 5.16 Å². The molecule has 9 nitrogen and oxygen atoms in total. The van der Waals surface area contributed by atoms with Crippen LogP contribution >= 0.6 is 0 Å². The fourth-order valence-corrected chi connectivity index (χ4v) is 4.17. The van der Waals surface area contributed by atoms with Crippen LogP contribution in [0.4, 0.5) is 10.6 Å². The number of amides is 3. The van der Waals surface area contributed by atoms with Gasteiger partial charge in [0.2, 0.25) is 5.91 Å². The number of hydrogen-bond donors (Lipinski definition) is 3. The first-order valence-corrected chi connectivity index (χ1v) is 9.65. The van der Waals surface area contributed by atoms with Gasteiger partial charge in [0, 0.05) is 36.3 Å². The highest BCUT2D eigenvalue weighted by Gasteiger charge is 2.41. The van der Waals surface area contributed by atoms with Crippen molar-refractivity contribution in [3.8, 4) is 0 Å². The summed E-state index contributed by atoms with van der Waals surface area (Å²) >= 11 is 0. The molecule has 150 valence electrons. The van der Waals surface area contributed by atoms with Crippen molar-refractivity contribution in [2.24, 2.45) is 0 Å².